The van der Waals surface area contributed by atoms with Crippen molar-refractivity contribution in [3.05, 3.63) is 0 Å². The maximum absolute atomic E-state index is 12.1. The average molecular weight is 314 g/mol. The van der Waals surface area contributed by atoms with Crippen molar-refractivity contribution in [2.75, 3.05) is 20.1 Å². The molecule has 2 amide bonds. The molecule has 4 atom stereocenters. The van der Waals surface area contributed by atoms with Crippen LogP contribution in [0.4, 0.5) is 0 Å². The van der Waals surface area contributed by atoms with Crippen LogP contribution in [0.3, 0.4) is 0 Å². The highest BCUT2D eigenvalue weighted by Gasteiger charge is 2.42. The minimum atomic E-state index is -0.690. The SMILES string of the molecule is CNCCC1CC1[C@@H](O)N[C@@H](CC(C)C)C(=O)NCC(N)=O. The van der Waals surface area contributed by atoms with Crippen molar-refractivity contribution in [1.82, 2.24) is 16.0 Å². The Morgan fingerprint density at radius 1 is 1.36 bits per heavy atom. The average Bonchev–Trinajstić information content (AvgIpc) is 3.20. The third-order valence-electron chi connectivity index (χ3n) is 3.98. The van der Waals surface area contributed by atoms with Gasteiger partial charge in [-0.2, -0.15) is 0 Å². The van der Waals surface area contributed by atoms with Crippen LogP contribution in [0, 0.1) is 17.8 Å². The molecule has 6 N–H and O–H groups in total. The van der Waals surface area contributed by atoms with Gasteiger partial charge < -0.3 is 21.5 Å². The number of carbonyl (C=O) groups is 2. The molecule has 0 aromatic heterocycles. The van der Waals surface area contributed by atoms with Gasteiger partial charge in [0.15, 0.2) is 0 Å². The van der Waals surface area contributed by atoms with E-state index in [0.29, 0.717) is 18.3 Å². The number of rotatable bonds is 11. The zero-order chi connectivity index (χ0) is 16.7. The van der Waals surface area contributed by atoms with Crippen LogP contribution in [-0.2, 0) is 9.59 Å². The van der Waals surface area contributed by atoms with E-state index in [4.69, 9.17) is 5.73 Å². The molecule has 1 aliphatic carbocycles. The molecule has 0 aromatic carbocycles. The molecule has 0 aliphatic heterocycles. The standard InChI is InChI=1S/C15H30N4O3/c1-9(2)6-12(15(22)18-8-13(16)20)19-14(21)11-7-10(11)4-5-17-3/h9-12,14,17,19,21H,4-8H2,1-3H3,(H2,16,20)(H,18,22)/t10?,11?,12-,14+/m0/s1. The number of nitrogens with one attached hydrogen (secondary N) is 3. The van der Waals surface area contributed by atoms with Gasteiger partial charge in [-0.3, -0.25) is 14.9 Å². The number of hydrogen-bond donors (Lipinski definition) is 5. The summed E-state index contributed by atoms with van der Waals surface area (Å²) in [6.45, 7) is 4.77. The maximum Gasteiger partial charge on any atom is 0.237 e. The highest BCUT2D eigenvalue weighted by molar-refractivity contribution is 5.86. The minimum absolute atomic E-state index is 0.181. The third-order valence-corrected chi connectivity index (χ3v) is 3.98. The summed E-state index contributed by atoms with van der Waals surface area (Å²) >= 11 is 0. The molecule has 0 spiro atoms. The summed E-state index contributed by atoms with van der Waals surface area (Å²) in [4.78, 5) is 22.9. The van der Waals surface area contributed by atoms with Crippen LogP contribution in [0.15, 0.2) is 0 Å². The fourth-order valence-corrected chi connectivity index (χ4v) is 2.67. The zero-order valence-electron chi connectivity index (χ0n) is 13.8. The molecule has 1 fully saturated rings. The van der Waals surface area contributed by atoms with E-state index in [-0.39, 0.29) is 18.4 Å². The number of amides is 2. The van der Waals surface area contributed by atoms with E-state index in [1.807, 2.05) is 20.9 Å². The predicted molar refractivity (Wildman–Crippen MR) is 84.7 cm³/mol. The van der Waals surface area contributed by atoms with Gasteiger partial charge >= 0.3 is 0 Å². The molecular weight excluding hydrogens is 284 g/mol. The molecule has 0 heterocycles. The lowest BCUT2D eigenvalue weighted by molar-refractivity contribution is -0.127. The monoisotopic (exact) mass is 314 g/mol. The summed E-state index contributed by atoms with van der Waals surface area (Å²) in [5.41, 5.74) is 5.04. The Morgan fingerprint density at radius 2 is 2.05 bits per heavy atom. The fraction of sp³-hybridized carbons (Fsp3) is 0.867. The first kappa shape index (κ1) is 18.9. The number of aliphatic hydroxyl groups excluding tert-OH is 1. The summed E-state index contributed by atoms with van der Waals surface area (Å²) in [6, 6.07) is -0.514. The number of carbonyl (C=O) groups excluding carboxylic acids is 2. The van der Waals surface area contributed by atoms with Gasteiger partial charge in [-0.1, -0.05) is 13.8 Å². The van der Waals surface area contributed by atoms with E-state index in [9.17, 15) is 14.7 Å². The van der Waals surface area contributed by atoms with E-state index in [1.165, 1.54) is 0 Å². The Balaban J connectivity index is 2.47. The van der Waals surface area contributed by atoms with Crippen LogP contribution in [0.2, 0.25) is 0 Å². The van der Waals surface area contributed by atoms with Crippen LogP contribution in [0.5, 0.6) is 0 Å². The Hall–Kier alpha value is -1.18. The normalized spacial score (nSPS) is 23.1. The van der Waals surface area contributed by atoms with Crippen molar-refractivity contribution < 1.29 is 14.7 Å². The molecule has 1 aliphatic rings. The fourth-order valence-electron chi connectivity index (χ4n) is 2.67. The zero-order valence-corrected chi connectivity index (χ0v) is 13.8. The maximum atomic E-state index is 12.1. The number of nitrogens with two attached hydrogens (primary N) is 1. The predicted octanol–water partition coefficient (Wildman–Crippen LogP) is -0.844. The summed E-state index contributed by atoms with van der Waals surface area (Å²) in [7, 11) is 1.91. The summed E-state index contributed by atoms with van der Waals surface area (Å²) in [5, 5.41) is 18.9. The van der Waals surface area contributed by atoms with E-state index in [2.05, 4.69) is 16.0 Å². The second kappa shape index (κ2) is 9.07. The summed E-state index contributed by atoms with van der Waals surface area (Å²) in [6.07, 6.45) is 1.91. The molecule has 0 radical (unpaired) electrons. The number of hydrogen-bond acceptors (Lipinski definition) is 5. The Bertz CT molecular complexity index is 376. The van der Waals surface area contributed by atoms with Crippen LogP contribution in [0.25, 0.3) is 0 Å². The van der Waals surface area contributed by atoms with Crippen molar-refractivity contribution in [3.63, 3.8) is 0 Å². The molecule has 128 valence electrons. The first-order valence-electron chi connectivity index (χ1n) is 7.99. The molecular formula is C15H30N4O3. The van der Waals surface area contributed by atoms with E-state index in [0.717, 1.165) is 19.4 Å². The van der Waals surface area contributed by atoms with Crippen LogP contribution in [0.1, 0.15) is 33.1 Å². The summed E-state index contributed by atoms with van der Waals surface area (Å²) in [5.74, 6) is 0.129. The van der Waals surface area contributed by atoms with Crippen LogP contribution >= 0.6 is 0 Å². The van der Waals surface area contributed by atoms with Gasteiger partial charge in [0, 0.05) is 5.92 Å². The second-order valence-corrected chi connectivity index (χ2v) is 6.53. The Labute approximate surface area is 132 Å². The van der Waals surface area contributed by atoms with Crippen LogP contribution in [-0.4, -0.2) is 49.3 Å². The largest absolute Gasteiger partial charge is 0.378 e. The van der Waals surface area contributed by atoms with Crippen molar-refractivity contribution in [2.45, 2.75) is 45.4 Å². The third kappa shape index (κ3) is 6.72. The van der Waals surface area contributed by atoms with Gasteiger partial charge in [-0.15, -0.1) is 0 Å². The quantitative estimate of drug-likeness (QED) is 0.319. The second-order valence-electron chi connectivity index (χ2n) is 6.53. The molecule has 22 heavy (non-hydrogen) atoms. The first-order chi connectivity index (χ1) is 10.3. The molecule has 0 saturated heterocycles. The van der Waals surface area contributed by atoms with Crippen LogP contribution < -0.4 is 21.7 Å². The lowest BCUT2D eigenvalue weighted by atomic mass is 10.0. The van der Waals surface area contributed by atoms with Crippen molar-refractivity contribution in [3.8, 4) is 0 Å². The van der Waals surface area contributed by atoms with Crippen molar-refractivity contribution >= 4 is 11.8 Å². The van der Waals surface area contributed by atoms with E-state index >= 15 is 0 Å². The molecule has 0 aromatic rings. The molecule has 7 nitrogen and oxygen atoms in total. The molecule has 1 saturated carbocycles. The topological polar surface area (TPSA) is 116 Å². The highest BCUT2D eigenvalue weighted by atomic mass is 16.3. The lowest BCUT2D eigenvalue weighted by Crippen LogP contribution is -2.51. The molecule has 2 unspecified atom stereocenters. The van der Waals surface area contributed by atoms with Gasteiger partial charge in [0.25, 0.3) is 0 Å². The van der Waals surface area contributed by atoms with Gasteiger partial charge in [-0.05, 0) is 44.7 Å². The van der Waals surface area contributed by atoms with Gasteiger partial charge in [0.05, 0.1) is 12.6 Å². The van der Waals surface area contributed by atoms with Crippen molar-refractivity contribution in [1.29, 1.82) is 0 Å². The van der Waals surface area contributed by atoms with Gasteiger partial charge in [0.2, 0.25) is 11.8 Å². The van der Waals surface area contributed by atoms with Gasteiger partial charge in [-0.25, -0.2) is 0 Å². The first-order valence-corrected chi connectivity index (χ1v) is 7.99. The number of aliphatic hydroxyl groups is 1. The van der Waals surface area contributed by atoms with E-state index < -0.39 is 18.2 Å². The van der Waals surface area contributed by atoms with Gasteiger partial charge in [0.1, 0.15) is 6.23 Å². The number of primary amides is 1. The van der Waals surface area contributed by atoms with Crippen molar-refractivity contribution in [2.24, 2.45) is 23.5 Å². The smallest absolute Gasteiger partial charge is 0.237 e. The minimum Gasteiger partial charge on any atom is -0.378 e. The molecule has 1 rings (SSSR count). The Kier molecular flexibility index (Phi) is 7.78. The Morgan fingerprint density at radius 3 is 2.59 bits per heavy atom. The molecule has 0 bridgehead atoms. The lowest BCUT2D eigenvalue weighted by Gasteiger charge is -2.23. The van der Waals surface area contributed by atoms with E-state index in [1.54, 1.807) is 0 Å². The summed E-state index contributed by atoms with van der Waals surface area (Å²) < 4.78 is 0. The highest BCUT2D eigenvalue weighted by Crippen LogP contribution is 2.43. The molecule has 7 heteroatoms.